The van der Waals surface area contributed by atoms with Crippen LogP contribution in [-0.4, -0.2) is 25.7 Å². The molecule has 0 atom stereocenters. The Labute approximate surface area is 110 Å². The lowest BCUT2D eigenvalue weighted by molar-refractivity contribution is -0.142. The smallest absolute Gasteiger partial charge is 0.288 e. The summed E-state index contributed by atoms with van der Waals surface area (Å²) in [5.74, 6) is -0.0731. The van der Waals surface area contributed by atoms with Gasteiger partial charge in [0.15, 0.2) is 0 Å². The maximum atomic E-state index is 12.2. The zero-order valence-corrected chi connectivity index (χ0v) is 10.2. The van der Waals surface area contributed by atoms with Gasteiger partial charge in [-0.1, -0.05) is 0 Å². The van der Waals surface area contributed by atoms with E-state index in [-0.39, 0.29) is 17.0 Å². The van der Waals surface area contributed by atoms with E-state index in [1.165, 1.54) is 29.3 Å². The van der Waals surface area contributed by atoms with Crippen LogP contribution in [0.15, 0.2) is 29.5 Å². The van der Waals surface area contributed by atoms with Gasteiger partial charge in [-0.3, -0.25) is 9.48 Å². The van der Waals surface area contributed by atoms with Crippen LogP contribution >= 0.6 is 11.6 Å². The van der Waals surface area contributed by atoms with E-state index in [0.717, 1.165) is 4.68 Å². The second kappa shape index (κ2) is 5.04. The third-order valence-electron chi connectivity index (χ3n) is 2.23. The second-order valence-electron chi connectivity index (χ2n) is 3.72. The van der Waals surface area contributed by atoms with Crippen LogP contribution < -0.4 is 5.43 Å². The summed E-state index contributed by atoms with van der Waals surface area (Å²) in [5.41, 5.74) is 0.109. The van der Waals surface area contributed by atoms with Crippen molar-refractivity contribution in [1.29, 1.82) is 0 Å². The van der Waals surface area contributed by atoms with E-state index in [9.17, 15) is 18.0 Å². The van der Waals surface area contributed by atoms with Crippen LogP contribution in [0, 0.1) is 0 Å². The Kier molecular flexibility index (Phi) is 3.61. The Balaban J connectivity index is 2.30. The number of halogens is 4. The zero-order chi connectivity index (χ0) is 14.0. The minimum atomic E-state index is -4.35. The first-order chi connectivity index (χ1) is 8.89. The minimum Gasteiger partial charge on any atom is -0.288 e. The molecule has 19 heavy (non-hydrogen) atoms. The molecule has 0 amide bonds. The number of aromatic nitrogens is 4. The Bertz CT molecular complexity index is 634. The lowest BCUT2D eigenvalue weighted by atomic mass is 10.4. The summed E-state index contributed by atoms with van der Waals surface area (Å²) in [7, 11) is 0. The van der Waals surface area contributed by atoms with Crippen LogP contribution in [0.25, 0.3) is 5.69 Å². The van der Waals surface area contributed by atoms with Gasteiger partial charge in [-0.15, -0.1) is 11.6 Å². The largest absolute Gasteiger partial charge is 0.408 e. The third kappa shape index (κ3) is 3.34. The summed E-state index contributed by atoms with van der Waals surface area (Å²) in [5, 5.41) is 7.49. The van der Waals surface area contributed by atoms with Crippen molar-refractivity contribution >= 4 is 11.6 Å². The normalized spacial score (nSPS) is 11.8. The lowest BCUT2D eigenvalue weighted by Gasteiger charge is -2.05. The number of hydrogen-bond acceptors (Lipinski definition) is 3. The molecule has 0 saturated carbocycles. The molecule has 2 aromatic heterocycles. The van der Waals surface area contributed by atoms with Crippen LogP contribution in [0.1, 0.15) is 5.69 Å². The minimum absolute atomic E-state index is 0.0731. The molecule has 0 N–H and O–H groups in total. The van der Waals surface area contributed by atoms with E-state index in [0.29, 0.717) is 5.69 Å². The highest BCUT2D eigenvalue weighted by molar-refractivity contribution is 6.16. The molecule has 0 spiro atoms. The van der Waals surface area contributed by atoms with Crippen molar-refractivity contribution in [3.8, 4) is 5.69 Å². The molecule has 0 saturated heterocycles. The van der Waals surface area contributed by atoms with Gasteiger partial charge in [-0.2, -0.15) is 23.4 Å². The molecule has 0 unspecified atom stereocenters. The van der Waals surface area contributed by atoms with Crippen LogP contribution in [0.4, 0.5) is 13.2 Å². The van der Waals surface area contributed by atoms with Gasteiger partial charge in [0.2, 0.25) is 5.43 Å². The van der Waals surface area contributed by atoms with Gasteiger partial charge in [0.1, 0.15) is 17.9 Å². The quantitative estimate of drug-likeness (QED) is 0.810. The fraction of sp³-hybridized carbons (Fsp3) is 0.300. The van der Waals surface area contributed by atoms with E-state index >= 15 is 0 Å². The van der Waals surface area contributed by atoms with Gasteiger partial charge < -0.3 is 0 Å². The van der Waals surface area contributed by atoms with Crippen LogP contribution in [0.5, 0.6) is 0 Å². The predicted octanol–water partition coefficient (Wildman–Crippen LogP) is 1.73. The monoisotopic (exact) mass is 292 g/mol. The van der Waals surface area contributed by atoms with Crippen LogP contribution in [-0.2, 0) is 12.4 Å². The molecule has 102 valence electrons. The van der Waals surface area contributed by atoms with Gasteiger partial charge in [0.25, 0.3) is 0 Å². The van der Waals surface area contributed by atoms with Gasteiger partial charge in [0, 0.05) is 12.3 Å². The summed E-state index contributed by atoms with van der Waals surface area (Å²) in [4.78, 5) is 11.3. The molecule has 0 bridgehead atoms. The van der Waals surface area contributed by atoms with E-state index in [1.807, 2.05) is 0 Å². The number of hydrogen-bond donors (Lipinski definition) is 0. The molecule has 0 fully saturated rings. The molecule has 0 aliphatic carbocycles. The molecule has 2 heterocycles. The third-order valence-corrected chi connectivity index (χ3v) is 2.49. The molecule has 0 aliphatic rings. The summed E-state index contributed by atoms with van der Waals surface area (Å²) in [6, 6.07) is 1.24. The Hall–Kier alpha value is -1.83. The van der Waals surface area contributed by atoms with Crippen molar-refractivity contribution in [3.05, 3.63) is 40.6 Å². The van der Waals surface area contributed by atoms with Crippen molar-refractivity contribution in [1.82, 2.24) is 19.6 Å². The fourth-order valence-corrected chi connectivity index (χ4v) is 1.61. The van der Waals surface area contributed by atoms with Crippen molar-refractivity contribution < 1.29 is 13.2 Å². The molecule has 5 nitrogen and oxygen atoms in total. The van der Waals surface area contributed by atoms with Crippen LogP contribution in [0.3, 0.4) is 0 Å². The summed E-state index contributed by atoms with van der Waals surface area (Å²) >= 11 is 5.54. The zero-order valence-electron chi connectivity index (χ0n) is 9.43. The van der Waals surface area contributed by atoms with Gasteiger partial charge in [0.05, 0.1) is 18.3 Å². The van der Waals surface area contributed by atoms with E-state index in [4.69, 9.17) is 11.6 Å². The Morgan fingerprint density at radius 3 is 2.74 bits per heavy atom. The Morgan fingerprint density at radius 1 is 1.37 bits per heavy atom. The lowest BCUT2D eigenvalue weighted by Crippen LogP contribution is -2.18. The molecule has 9 heteroatoms. The first kappa shape index (κ1) is 13.6. The van der Waals surface area contributed by atoms with Crippen molar-refractivity contribution in [2.24, 2.45) is 0 Å². The fourth-order valence-electron chi connectivity index (χ4n) is 1.42. The maximum absolute atomic E-state index is 12.2. The highest BCUT2D eigenvalue weighted by Crippen LogP contribution is 2.17. The van der Waals surface area contributed by atoms with Crippen molar-refractivity contribution in [2.75, 3.05) is 0 Å². The van der Waals surface area contributed by atoms with Crippen molar-refractivity contribution in [3.63, 3.8) is 0 Å². The number of alkyl halides is 4. The molecule has 0 aliphatic heterocycles. The summed E-state index contributed by atoms with van der Waals surface area (Å²) in [6.45, 7) is -1.18. The SMILES string of the molecule is O=c1ccn(-c2cnn(CC(F)(F)F)c2)nc1CCl. The molecule has 0 radical (unpaired) electrons. The first-order valence-electron chi connectivity index (χ1n) is 5.13. The number of rotatable bonds is 3. The summed E-state index contributed by atoms with van der Waals surface area (Å²) < 4.78 is 38.5. The average Bonchev–Trinajstić information content (AvgIpc) is 2.75. The topological polar surface area (TPSA) is 52.7 Å². The highest BCUT2D eigenvalue weighted by Gasteiger charge is 2.28. The van der Waals surface area contributed by atoms with Crippen LogP contribution in [0.2, 0.25) is 0 Å². The summed E-state index contributed by atoms with van der Waals surface area (Å²) in [6.07, 6.45) is -0.598. The van der Waals surface area contributed by atoms with E-state index < -0.39 is 12.7 Å². The number of nitrogens with zero attached hydrogens (tertiary/aromatic N) is 4. The Morgan fingerprint density at radius 2 is 2.11 bits per heavy atom. The molecular weight excluding hydrogens is 285 g/mol. The van der Waals surface area contributed by atoms with E-state index in [1.54, 1.807) is 0 Å². The standard InChI is InChI=1S/C10H8ClF3N4O/c11-3-8-9(19)1-2-18(16-8)7-4-15-17(5-7)6-10(12,13)14/h1-2,4-5H,3,6H2. The molecule has 2 aromatic rings. The van der Waals surface area contributed by atoms with Crippen molar-refractivity contribution in [2.45, 2.75) is 18.6 Å². The van der Waals surface area contributed by atoms with E-state index in [2.05, 4.69) is 10.2 Å². The van der Waals surface area contributed by atoms with Gasteiger partial charge >= 0.3 is 6.18 Å². The second-order valence-corrected chi connectivity index (χ2v) is 3.98. The first-order valence-corrected chi connectivity index (χ1v) is 5.67. The predicted molar refractivity (Wildman–Crippen MR) is 61.2 cm³/mol. The molecule has 0 aromatic carbocycles. The van der Waals surface area contributed by atoms with Gasteiger partial charge in [-0.25, -0.2) is 4.68 Å². The highest BCUT2D eigenvalue weighted by atomic mass is 35.5. The maximum Gasteiger partial charge on any atom is 0.408 e. The molecule has 2 rings (SSSR count). The van der Waals surface area contributed by atoms with Gasteiger partial charge in [-0.05, 0) is 0 Å². The average molecular weight is 293 g/mol. The molecular formula is C10H8ClF3N4O.